The molecular formula is C31H25Br2N3O6. The third-order valence-electron chi connectivity index (χ3n) is 5.82. The van der Waals surface area contributed by atoms with E-state index in [0.717, 1.165) is 0 Å². The molecule has 0 aromatic heterocycles. The number of nitrogen functional groups attached to an aromatic ring is 1. The Hall–Kier alpha value is -4.61. The Bertz CT molecular complexity index is 1600. The summed E-state index contributed by atoms with van der Waals surface area (Å²) in [7, 11) is 0. The van der Waals surface area contributed by atoms with E-state index in [1.54, 1.807) is 91.0 Å². The van der Waals surface area contributed by atoms with E-state index in [1.165, 1.54) is 18.2 Å². The Labute approximate surface area is 258 Å². The molecule has 0 bridgehead atoms. The second kappa shape index (κ2) is 14.3. The summed E-state index contributed by atoms with van der Waals surface area (Å²) >= 11 is 6.69. The number of hydrogen-bond donors (Lipinski definition) is 4. The van der Waals surface area contributed by atoms with Crippen LogP contribution >= 0.6 is 31.9 Å². The van der Waals surface area contributed by atoms with Gasteiger partial charge in [-0.25, -0.2) is 4.79 Å². The van der Waals surface area contributed by atoms with Crippen LogP contribution in [0.5, 0.6) is 11.5 Å². The highest BCUT2D eigenvalue weighted by Crippen LogP contribution is 2.39. The van der Waals surface area contributed by atoms with Crippen LogP contribution in [0.15, 0.2) is 118 Å². The van der Waals surface area contributed by atoms with E-state index in [2.05, 4.69) is 42.5 Å². The first-order chi connectivity index (χ1) is 20.2. The van der Waals surface area contributed by atoms with Gasteiger partial charge in [0.25, 0.3) is 5.91 Å². The van der Waals surface area contributed by atoms with Gasteiger partial charge in [0.1, 0.15) is 11.5 Å². The smallest absolute Gasteiger partial charge is 0.414 e. The lowest BCUT2D eigenvalue weighted by Crippen LogP contribution is -2.36. The molecule has 4 aromatic carbocycles. The number of hydrogen-bond acceptors (Lipinski definition) is 7. The van der Waals surface area contributed by atoms with Gasteiger partial charge in [0.2, 0.25) is 5.91 Å². The molecule has 42 heavy (non-hydrogen) atoms. The topological polar surface area (TPSA) is 140 Å². The Morgan fingerprint density at radius 2 is 1.52 bits per heavy atom. The summed E-state index contributed by atoms with van der Waals surface area (Å²) in [6.07, 6.45) is -1.01. The van der Waals surface area contributed by atoms with Crippen LogP contribution in [0.1, 0.15) is 22.0 Å². The van der Waals surface area contributed by atoms with Gasteiger partial charge in [-0.1, -0.05) is 64.5 Å². The van der Waals surface area contributed by atoms with E-state index in [9.17, 15) is 19.5 Å². The molecule has 3 amide bonds. The van der Waals surface area contributed by atoms with Gasteiger partial charge < -0.3 is 25.6 Å². The average molecular weight is 695 g/mol. The van der Waals surface area contributed by atoms with E-state index >= 15 is 0 Å². The fourth-order valence-electron chi connectivity index (χ4n) is 3.84. The molecular weight excluding hydrogens is 670 g/mol. The van der Waals surface area contributed by atoms with Crippen molar-refractivity contribution in [1.29, 1.82) is 0 Å². The number of aromatic hydroxyl groups is 1. The average Bonchev–Trinajstić information content (AvgIpc) is 2.98. The van der Waals surface area contributed by atoms with E-state index in [1.807, 2.05) is 0 Å². The molecule has 0 unspecified atom stereocenters. The number of ether oxygens (including phenoxy) is 2. The predicted octanol–water partition coefficient (Wildman–Crippen LogP) is 6.75. The molecule has 4 rings (SSSR count). The number of amides is 3. The zero-order valence-corrected chi connectivity index (χ0v) is 25.0. The Morgan fingerprint density at radius 3 is 2.21 bits per heavy atom. The molecule has 2 atom stereocenters. The molecule has 0 aliphatic carbocycles. The number of para-hydroxylation sites is 3. The van der Waals surface area contributed by atoms with Crippen molar-refractivity contribution < 1.29 is 29.0 Å². The van der Waals surface area contributed by atoms with Crippen molar-refractivity contribution in [3.63, 3.8) is 0 Å². The van der Waals surface area contributed by atoms with Crippen LogP contribution in [0.25, 0.3) is 0 Å². The summed E-state index contributed by atoms with van der Waals surface area (Å²) in [6.45, 7) is 0. The van der Waals surface area contributed by atoms with Crippen LogP contribution in [0.3, 0.4) is 0 Å². The van der Waals surface area contributed by atoms with E-state index in [0.29, 0.717) is 26.1 Å². The van der Waals surface area contributed by atoms with Crippen molar-refractivity contribution in [2.24, 2.45) is 0 Å². The molecule has 0 aliphatic rings. The SMILES string of the molecule is Nc1ccccc1NC(=O)/C=C/[C@H](Oc1ccccc1)[C@@H](OC(=O)NC(=O)c1ccccc1)c1cc(Br)cc(Br)c1O. The van der Waals surface area contributed by atoms with Gasteiger partial charge in [0.05, 0.1) is 15.8 Å². The van der Waals surface area contributed by atoms with Crippen molar-refractivity contribution in [1.82, 2.24) is 5.32 Å². The quantitative estimate of drug-likeness (QED) is 0.112. The number of carbonyl (C=O) groups excluding carboxylic acids is 3. The molecule has 5 N–H and O–H groups in total. The van der Waals surface area contributed by atoms with Crippen molar-refractivity contribution >= 4 is 61.1 Å². The fourth-order valence-corrected chi connectivity index (χ4v) is 5.09. The molecule has 0 saturated heterocycles. The lowest BCUT2D eigenvalue weighted by Gasteiger charge is -2.27. The summed E-state index contributed by atoms with van der Waals surface area (Å²) < 4.78 is 12.7. The van der Waals surface area contributed by atoms with Crippen molar-refractivity contribution in [2.45, 2.75) is 12.2 Å². The summed E-state index contributed by atoms with van der Waals surface area (Å²) in [5, 5.41) is 15.8. The number of imide groups is 1. The zero-order valence-electron chi connectivity index (χ0n) is 21.9. The molecule has 0 fully saturated rings. The predicted molar refractivity (Wildman–Crippen MR) is 166 cm³/mol. The van der Waals surface area contributed by atoms with Crippen molar-refractivity contribution in [2.75, 3.05) is 11.1 Å². The van der Waals surface area contributed by atoms with E-state index in [-0.39, 0.29) is 16.9 Å². The number of rotatable bonds is 9. The van der Waals surface area contributed by atoms with Gasteiger partial charge in [-0.3, -0.25) is 14.9 Å². The van der Waals surface area contributed by atoms with E-state index in [4.69, 9.17) is 15.2 Å². The van der Waals surface area contributed by atoms with Gasteiger partial charge in [0, 0.05) is 21.7 Å². The van der Waals surface area contributed by atoms with Crippen LogP contribution in [-0.4, -0.2) is 29.1 Å². The first-order valence-electron chi connectivity index (χ1n) is 12.5. The monoisotopic (exact) mass is 693 g/mol. The molecule has 4 aromatic rings. The van der Waals surface area contributed by atoms with Crippen LogP contribution in [0.2, 0.25) is 0 Å². The molecule has 0 heterocycles. The summed E-state index contributed by atoms with van der Waals surface area (Å²) in [6, 6.07) is 26.7. The van der Waals surface area contributed by atoms with Crippen LogP contribution < -0.4 is 21.1 Å². The van der Waals surface area contributed by atoms with Gasteiger partial charge in [-0.2, -0.15) is 0 Å². The highest BCUT2D eigenvalue weighted by atomic mass is 79.9. The third kappa shape index (κ3) is 8.21. The molecule has 0 aliphatic heterocycles. The molecule has 11 heteroatoms. The zero-order chi connectivity index (χ0) is 30.1. The van der Waals surface area contributed by atoms with Gasteiger partial charge in [0.15, 0.2) is 12.2 Å². The number of phenolic OH excluding ortho intramolecular Hbond substituents is 1. The van der Waals surface area contributed by atoms with Crippen molar-refractivity contribution in [3.05, 3.63) is 129 Å². The van der Waals surface area contributed by atoms with E-state index < -0.39 is 30.1 Å². The number of nitrogens with two attached hydrogens (primary N) is 1. The largest absolute Gasteiger partial charge is 0.506 e. The van der Waals surface area contributed by atoms with Crippen LogP contribution in [0, 0.1) is 0 Å². The minimum atomic E-state index is -1.34. The molecule has 0 spiro atoms. The number of phenols is 1. The maximum atomic E-state index is 13.0. The molecule has 9 nitrogen and oxygen atoms in total. The third-order valence-corrected chi connectivity index (χ3v) is 6.88. The first-order valence-corrected chi connectivity index (χ1v) is 14.1. The Balaban J connectivity index is 1.69. The van der Waals surface area contributed by atoms with Crippen molar-refractivity contribution in [3.8, 4) is 11.5 Å². The minimum Gasteiger partial charge on any atom is -0.506 e. The first kappa shape index (κ1) is 30.4. The Morgan fingerprint density at radius 1 is 0.881 bits per heavy atom. The number of anilines is 2. The molecule has 0 radical (unpaired) electrons. The normalized spacial score (nSPS) is 12.2. The number of nitrogens with one attached hydrogen (secondary N) is 2. The molecule has 214 valence electrons. The van der Waals surface area contributed by atoms with Crippen LogP contribution in [-0.2, 0) is 9.53 Å². The number of benzene rings is 4. The number of alkyl carbamates (subject to hydrolysis) is 1. The summed E-state index contributed by atoms with van der Waals surface area (Å²) in [4.78, 5) is 38.5. The van der Waals surface area contributed by atoms with Gasteiger partial charge in [-0.15, -0.1) is 0 Å². The number of carbonyl (C=O) groups is 3. The lowest BCUT2D eigenvalue weighted by molar-refractivity contribution is -0.112. The summed E-state index contributed by atoms with van der Waals surface area (Å²) in [5.41, 5.74) is 7.11. The highest BCUT2D eigenvalue weighted by molar-refractivity contribution is 9.11. The molecule has 0 saturated carbocycles. The number of halogens is 2. The highest BCUT2D eigenvalue weighted by Gasteiger charge is 2.32. The maximum absolute atomic E-state index is 13.0. The summed E-state index contributed by atoms with van der Waals surface area (Å²) in [5.74, 6) is -1.06. The lowest BCUT2D eigenvalue weighted by atomic mass is 10.0. The standard InChI is InChI=1S/C31H25Br2N3O6/c32-20-17-22(28(38)23(33)18-20)29(42-31(40)36-30(39)19-9-3-1-4-10-19)26(41-21-11-5-2-6-12-21)15-16-27(37)35-25-14-8-7-13-24(25)34/h1-18,26,29,38H,34H2,(H,35,37)(H,36,39,40)/b16-15+/t26-,29-/m0/s1. The van der Waals surface area contributed by atoms with Gasteiger partial charge in [-0.05, 0) is 70.5 Å². The Kier molecular flexibility index (Phi) is 10.4. The second-order valence-electron chi connectivity index (χ2n) is 8.80. The minimum absolute atomic E-state index is 0.136. The second-order valence-corrected chi connectivity index (χ2v) is 10.6. The van der Waals surface area contributed by atoms with Crippen LogP contribution in [0.4, 0.5) is 16.2 Å². The van der Waals surface area contributed by atoms with Gasteiger partial charge >= 0.3 is 6.09 Å². The fraction of sp³-hybridized carbons (Fsp3) is 0.0645. The maximum Gasteiger partial charge on any atom is 0.414 e.